The summed E-state index contributed by atoms with van der Waals surface area (Å²) in [6.07, 6.45) is 3.50. The number of carbonyl (C=O) groups excluding carboxylic acids is 1. The lowest BCUT2D eigenvalue weighted by Gasteiger charge is -2.22. The Morgan fingerprint density at radius 2 is 1.89 bits per heavy atom. The molecule has 0 saturated heterocycles. The van der Waals surface area contributed by atoms with Crippen LogP contribution >= 0.6 is 0 Å². The van der Waals surface area contributed by atoms with Gasteiger partial charge in [-0.05, 0) is 17.9 Å². The summed E-state index contributed by atoms with van der Waals surface area (Å²) in [5.74, 6) is 0.871. The first-order valence-electron chi connectivity index (χ1n) is 7.42. The molecule has 106 valence electrons. The fraction of sp³-hybridized carbons (Fsp3) is 0.588. The minimum Gasteiger partial charge on any atom is -0.309 e. The van der Waals surface area contributed by atoms with Gasteiger partial charge in [-0.1, -0.05) is 57.5 Å². The molecule has 0 amide bonds. The highest BCUT2D eigenvalue weighted by molar-refractivity contribution is 5.78. The van der Waals surface area contributed by atoms with Gasteiger partial charge in [-0.2, -0.15) is 0 Å². The molecule has 0 heterocycles. The lowest BCUT2D eigenvalue weighted by molar-refractivity contribution is -0.119. The molecular weight excluding hydrogens is 234 g/mol. The summed E-state index contributed by atoms with van der Waals surface area (Å²) < 4.78 is 0. The first kappa shape index (κ1) is 15.9. The highest BCUT2D eigenvalue weighted by Crippen LogP contribution is 2.11. The molecule has 0 bridgehead atoms. The standard InChI is InChI=1S/C17H27NO/c1-4-5-11-16(19)12-17(14(2)3)18-13-15-9-7-6-8-10-15/h6-10,14,17-18H,4-5,11-13H2,1-3H3. The second-order valence-corrected chi connectivity index (χ2v) is 5.56. The van der Waals surface area contributed by atoms with Gasteiger partial charge in [0.1, 0.15) is 5.78 Å². The summed E-state index contributed by atoms with van der Waals surface area (Å²) in [5.41, 5.74) is 1.27. The minimum atomic E-state index is 0.282. The van der Waals surface area contributed by atoms with Gasteiger partial charge in [0.2, 0.25) is 0 Å². The highest BCUT2D eigenvalue weighted by Gasteiger charge is 2.16. The van der Waals surface area contributed by atoms with Crippen molar-refractivity contribution in [2.75, 3.05) is 0 Å². The monoisotopic (exact) mass is 261 g/mol. The maximum Gasteiger partial charge on any atom is 0.134 e. The molecule has 0 aliphatic carbocycles. The molecule has 1 aromatic carbocycles. The number of benzene rings is 1. The first-order chi connectivity index (χ1) is 9.13. The second-order valence-electron chi connectivity index (χ2n) is 5.56. The zero-order valence-corrected chi connectivity index (χ0v) is 12.5. The van der Waals surface area contributed by atoms with Crippen molar-refractivity contribution in [3.8, 4) is 0 Å². The van der Waals surface area contributed by atoms with E-state index < -0.39 is 0 Å². The number of nitrogens with one attached hydrogen (secondary N) is 1. The molecule has 1 N–H and O–H groups in total. The van der Waals surface area contributed by atoms with Gasteiger partial charge in [-0.25, -0.2) is 0 Å². The zero-order valence-electron chi connectivity index (χ0n) is 12.5. The van der Waals surface area contributed by atoms with Crippen LogP contribution in [0.1, 0.15) is 52.0 Å². The molecule has 0 aromatic heterocycles. The topological polar surface area (TPSA) is 29.1 Å². The third kappa shape index (κ3) is 6.53. The number of unbranched alkanes of at least 4 members (excludes halogenated alkanes) is 1. The Labute approximate surface area is 117 Å². The van der Waals surface area contributed by atoms with Crippen molar-refractivity contribution in [1.29, 1.82) is 0 Å². The average molecular weight is 261 g/mol. The third-order valence-corrected chi connectivity index (χ3v) is 3.47. The van der Waals surface area contributed by atoms with Crippen LogP contribution in [-0.2, 0) is 11.3 Å². The predicted octanol–water partition coefficient (Wildman–Crippen LogP) is 3.95. The maximum absolute atomic E-state index is 11.9. The molecule has 0 fully saturated rings. The van der Waals surface area contributed by atoms with Crippen molar-refractivity contribution in [1.82, 2.24) is 5.32 Å². The van der Waals surface area contributed by atoms with E-state index in [0.717, 1.165) is 25.8 Å². The Morgan fingerprint density at radius 3 is 2.47 bits per heavy atom. The summed E-state index contributed by atoms with van der Waals surface area (Å²) in [6.45, 7) is 7.32. The summed E-state index contributed by atoms with van der Waals surface area (Å²) >= 11 is 0. The van der Waals surface area contributed by atoms with E-state index >= 15 is 0 Å². The highest BCUT2D eigenvalue weighted by atomic mass is 16.1. The van der Waals surface area contributed by atoms with E-state index in [4.69, 9.17) is 0 Å². The van der Waals surface area contributed by atoms with Crippen LogP contribution in [0.15, 0.2) is 30.3 Å². The number of rotatable bonds is 9. The van der Waals surface area contributed by atoms with Crippen molar-refractivity contribution in [2.24, 2.45) is 5.92 Å². The number of hydrogen-bond acceptors (Lipinski definition) is 2. The number of ketones is 1. The van der Waals surface area contributed by atoms with Crippen molar-refractivity contribution >= 4 is 5.78 Å². The van der Waals surface area contributed by atoms with Crippen LogP contribution in [-0.4, -0.2) is 11.8 Å². The molecule has 0 saturated carbocycles. The summed E-state index contributed by atoms with van der Waals surface area (Å²) in [6, 6.07) is 10.6. The van der Waals surface area contributed by atoms with Crippen LogP contribution in [0.5, 0.6) is 0 Å². The van der Waals surface area contributed by atoms with Crippen LogP contribution in [0.4, 0.5) is 0 Å². The zero-order chi connectivity index (χ0) is 14.1. The predicted molar refractivity (Wildman–Crippen MR) is 81.1 cm³/mol. The number of Topliss-reactive ketones (excluding diaryl/α,β-unsaturated/α-hetero) is 1. The van der Waals surface area contributed by atoms with E-state index in [-0.39, 0.29) is 6.04 Å². The summed E-state index contributed by atoms with van der Waals surface area (Å²) in [5, 5.41) is 3.52. The third-order valence-electron chi connectivity index (χ3n) is 3.47. The first-order valence-corrected chi connectivity index (χ1v) is 7.42. The maximum atomic E-state index is 11.9. The molecule has 1 rings (SSSR count). The van der Waals surface area contributed by atoms with Crippen LogP contribution in [0, 0.1) is 5.92 Å². The quantitative estimate of drug-likeness (QED) is 0.729. The van der Waals surface area contributed by atoms with E-state index in [1.54, 1.807) is 0 Å². The lowest BCUT2D eigenvalue weighted by atomic mass is 9.96. The van der Waals surface area contributed by atoms with Gasteiger partial charge in [0.15, 0.2) is 0 Å². The molecule has 0 aliphatic heterocycles. The van der Waals surface area contributed by atoms with E-state index in [1.807, 2.05) is 18.2 Å². The molecule has 2 heteroatoms. The van der Waals surface area contributed by atoms with Gasteiger partial charge in [-0.3, -0.25) is 4.79 Å². The summed E-state index contributed by atoms with van der Waals surface area (Å²) in [7, 11) is 0. The Morgan fingerprint density at radius 1 is 1.21 bits per heavy atom. The van der Waals surface area contributed by atoms with Gasteiger partial charge in [0.05, 0.1) is 0 Å². The normalized spacial score (nSPS) is 12.6. The SMILES string of the molecule is CCCCC(=O)CC(NCc1ccccc1)C(C)C. The largest absolute Gasteiger partial charge is 0.309 e. The molecule has 1 unspecified atom stereocenters. The van der Waals surface area contributed by atoms with Gasteiger partial charge in [0, 0.05) is 25.4 Å². The second kappa shape index (κ2) is 8.87. The van der Waals surface area contributed by atoms with Crippen LogP contribution in [0.25, 0.3) is 0 Å². The Bertz CT molecular complexity index is 359. The Hall–Kier alpha value is -1.15. The van der Waals surface area contributed by atoms with E-state index in [1.165, 1.54) is 5.56 Å². The Balaban J connectivity index is 2.42. The molecule has 0 spiro atoms. The molecule has 0 aliphatic rings. The Kier molecular flexibility index (Phi) is 7.42. The van der Waals surface area contributed by atoms with Gasteiger partial charge in [-0.15, -0.1) is 0 Å². The van der Waals surface area contributed by atoms with Gasteiger partial charge < -0.3 is 5.32 Å². The summed E-state index contributed by atoms with van der Waals surface area (Å²) in [4.78, 5) is 11.9. The van der Waals surface area contributed by atoms with Crippen LogP contribution in [0.3, 0.4) is 0 Å². The van der Waals surface area contributed by atoms with E-state index in [0.29, 0.717) is 18.1 Å². The minimum absolute atomic E-state index is 0.282. The molecule has 2 nitrogen and oxygen atoms in total. The van der Waals surface area contributed by atoms with E-state index in [9.17, 15) is 4.79 Å². The molecule has 1 aromatic rings. The lowest BCUT2D eigenvalue weighted by Crippen LogP contribution is -2.35. The number of carbonyl (C=O) groups is 1. The average Bonchev–Trinajstić information content (AvgIpc) is 2.42. The molecule has 1 atom stereocenters. The fourth-order valence-corrected chi connectivity index (χ4v) is 2.11. The van der Waals surface area contributed by atoms with Gasteiger partial charge in [0.25, 0.3) is 0 Å². The van der Waals surface area contributed by atoms with E-state index in [2.05, 4.69) is 38.2 Å². The van der Waals surface area contributed by atoms with Crippen LogP contribution < -0.4 is 5.32 Å². The van der Waals surface area contributed by atoms with Crippen LogP contribution in [0.2, 0.25) is 0 Å². The van der Waals surface area contributed by atoms with Gasteiger partial charge >= 0.3 is 0 Å². The fourth-order valence-electron chi connectivity index (χ4n) is 2.11. The van der Waals surface area contributed by atoms with Crippen molar-refractivity contribution in [2.45, 2.75) is 59.0 Å². The molecule has 19 heavy (non-hydrogen) atoms. The van der Waals surface area contributed by atoms with Crippen molar-refractivity contribution in [3.63, 3.8) is 0 Å². The van der Waals surface area contributed by atoms with Crippen molar-refractivity contribution < 1.29 is 4.79 Å². The number of hydrogen-bond donors (Lipinski definition) is 1. The molecular formula is C17H27NO. The smallest absolute Gasteiger partial charge is 0.134 e. The molecule has 0 radical (unpaired) electrons. The van der Waals surface area contributed by atoms with Crippen molar-refractivity contribution in [3.05, 3.63) is 35.9 Å².